The van der Waals surface area contributed by atoms with Crippen molar-refractivity contribution >= 4 is 27.5 Å². The minimum atomic E-state index is -3.43. The van der Waals surface area contributed by atoms with Crippen LogP contribution in [0.5, 0.6) is 0 Å². The maximum Gasteiger partial charge on any atom is 0.287 e. The van der Waals surface area contributed by atoms with E-state index >= 15 is 0 Å². The highest BCUT2D eigenvalue weighted by Gasteiger charge is 2.28. The van der Waals surface area contributed by atoms with Crippen molar-refractivity contribution in [1.29, 1.82) is 0 Å². The van der Waals surface area contributed by atoms with Gasteiger partial charge in [0.05, 0.1) is 15.9 Å². The molecule has 0 radical (unpaired) electrons. The van der Waals surface area contributed by atoms with Crippen molar-refractivity contribution in [3.8, 4) is 0 Å². The van der Waals surface area contributed by atoms with Crippen LogP contribution in [0.3, 0.4) is 0 Å². The van der Waals surface area contributed by atoms with E-state index in [1.54, 1.807) is 0 Å². The number of hydrogen-bond donors (Lipinski definition) is 2. The van der Waals surface area contributed by atoms with Crippen LogP contribution >= 0.6 is 15.9 Å². The first kappa shape index (κ1) is 15.4. The summed E-state index contributed by atoms with van der Waals surface area (Å²) in [6.45, 7) is -2.44. The number of nitrogens with zero attached hydrogens (tertiary/aromatic N) is 1. The Bertz CT molecular complexity index is 510. The molecule has 0 saturated carbocycles. The number of nitro benzene ring substituents is 1. The summed E-state index contributed by atoms with van der Waals surface area (Å²) in [7, 11) is 0. The summed E-state index contributed by atoms with van der Waals surface area (Å²) >= 11 is 2.94. The molecule has 0 atom stereocenters. The molecule has 0 aromatic heterocycles. The van der Waals surface area contributed by atoms with Crippen LogP contribution in [0, 0.1) is 10.1 Å². The number of amides is 1. The first-order valence-corrected chi connectivity index (χ1v) is 5.77. The van der Waals surface area contributed by atoms with E-state index in [4.69, 9.17) is 5.11 Å². The lowest BCUT2D eigenvalue weighted by Crippen LogP contribution is -2.38. The highest BCUT2D eigenvalue weighted by Crippen LogP contribution is 2.25. The number of aliphatic hydroxyl groups excluding tert-OH is 1. The largest absolute Gasteiger partial charge is 0.390 e. The normalized spacial score (nSPS) is 11.2. The van der Waals surface area contributed by atoms with Crippen molar-refractivity contribution in [3.05, 3.63) is 38.3 Å². The Hall–Kier alpha value is -1.61. The highest BCUT2D eigenvalue weighted by atomic mass is 79.9. The smallest absolute Gasteiger partial charge is 0.287 e. The third-order valence-electron chi connectivity index (χ3n) is 2.14. The molecule has 0 aliphatic heterocycles. The van der Waals surface area contributed by atoms with E-state index in [0.29, 0.717) is 0 Å². The number of benzene rings is 1. The average Bonchev–Trinajstić information content (AvgIpc) is 2.36. The molecular weight excluding hydrogens is 330 g/mol. The number of carbonyl (C=O) groups excluding carboxylic acids is 1. The lowest BCUT2D eigenvalue weighted by atomic mass is 10.2. The van der Waals surface area contributed by atoms with Crippen molar-refractivity contribution in [3.63, 3.8) is 0 Å². The standard InChI is InChI=1S/C10H9BrF2N2O4/c11-7-2-1-6(3-8(7)15(18)19)9(17)14-4-10(12,13)5-16/h1-3,16H,4-5H2,(H,14,17). The molecule has 1 aromatic rings. The monoisotopic (exact) mass is 338 g/mol. The van der Waals surface area contributed by atoms with E-state index in [0.717, 1.165) is 6.07 Å². The summed E-state index contributed by atoms with van der Waals surface area (Å²) in [5, 5.41) is 20.9. The predicted molar refractivity (Wildman–Crippen MR) is 65.2 cm³/mol. The molecule has 6 nitrogen and oxygen atoms in total. The number of rotatable bonds is 5. The Morgan fingerprint density at radius 3 is 2.68 bits per heavy atom. The number of hydrogen-bond acceptors (Lipinski definition) is 4. The van der Waals surface area contributed by atoms with Crippen LogP contribution in [0.25, 0.3) is 0 Å². The molecule has 0 unspecified atom stereocenters. The summed E-state index contributed by atoms with van der Waals surface area (Å²) < 4.78 is 25.6. The van der Waals surface area contributed by atoms with Crippen LogP contribution in [0.15, 0.2) is 22.7 Å². The molecule has 2 N–H and O–H groups in total. The molecule has 104 valence electrons. The third kappa shape index (κ3) is 4.21. The minimum absolute atomic E-state index is 0.122. The van der Waals surface area contributed by atoms with Gasteiger partial charge in [-0.25, -0.2) is 8.78 Å². The van der Waals surface area contributed by atoms with Gasteiger partial charge in [0.15, 0.2) is 0 Å². The summed E-state index contributed by atoms with van der Waals surface area (Å²) in [6, 6.07) is 3.50. The second-order valence-electron chi connectivity index (χ2n) is 3.62. The fourth-order valence-corrected chi connectivity index (χ4v) is 1.55. The Labute approximate surface area is 114 Å². The second kappa shape index (κ2) is 6.02. The Morgan fingerprint density at radius 2 is 2.16 bits per heavy atom. The molecule has 1 aromatic carbocycles. The first-order chi connectivity index (χ1) is 8.76. The van der Waals surface area contributed by atoms with Crippen LogP contribution in [-0.4, -0.2) is 35.0 Å². The van der Waals surface area contributed by atoms with E-state index in [2.05, 4.69) is 15.9 Å². The maximum atomic E-state index is 12.7. The van der Waals surface area contributed by atoms with Crippen LogP contribution in [0.2, 0.25) is 0 Å². The van der Waals surface area contributed by atoms with Crippen molar-refractivity contribution in [2.75, 3.05) is 13.2 Å². The fourth-order valence-electron chi connectivity index (χ4n) is 1.16. The molecule has 1 amide bonds. The average molecular weight is 339 g/mol. The predicted octanol–water partition coefficient (Wildman–Crippen LogP) is 1.71. The third-order valence-corrected chi connectivity index (χ3v) is 2.81. The zero-order valence-corrected chi connectivity index (χ0v) is 11.0. The zero-order valence-electron chi connectivity index (χ0n) is 9.40. The number of carbonyl (C=O) groups is 1. The van der Waals surface area contributed by atoms with Gasteiger partial charge in [-0.3, -0.25) is 14.9 Å². The van der Waals surface area contributed by atoms with E-state index in [-0.39, 0.29) is 15.7 Å². The fraction of sp³-hybridized carbons (Fsp3) is 0.300. The quantitative estimate of drug-likeness (QED) is 0.631. The SMILES string of the molecule is O=C(NCC(F)(F)CO)c1ccc(Br)c([N+](=O)[O-])c1. The van der Waals surface area contributed by atoms with Crippen LogP contribution in [0.1, 0.15) is 10.4 Å². The zero-order chi connectivity index (χ0) is 14.6. The molecule has 0 aliphatic rings. The van der Waals surface area contributed by atoms with Crippen LogP contribution < -0.4 is 5.32 Å². The van der Waals surface area contributed by atoms with Gasteiger partial charge in [0.2, 0.25) is 0 Å². The molecule has 0 spiro atoms. The summed E-state index contributed by atoms with van der Waals surface area (Å²) in [6.07, 6.45) is 0. The Morgan fingerprint density at radius 1 is 1.53 bits per heavy atom. The Balaban J connectivity index is 2.84. The van der Waals surface area contributed by atoms with E-state index < -0.39 is 29.9 Å². The van der Waals surface area contributed by atoms with E-state index in [1.165, 1.54) is 12.1 Å². The summed E-state index contributed by atoms with van der Waals surface area (Å²) in [5.74, 6) is -4.32. The molecular formula is C10H9BrF2N2O4. The topological polar surface area (TPSA) is 92.5 Å². The van der Waals surface area contributed by atoms with Gasteiger partial charge in [-0.15, -0.1) is 0 Å². The van der Waals surface area contributed by atoms with Gasteiger partial charge >= 0.3 is 0 Å². The lowest BCUT2D eigenvalue weighted by Gasteiger charge is -2.13. The molecule has 0 fully saturated rings. The van der Waals surface area contributed by atoms with Gasteiger partial charge in [0, 0.05) is 11.6 Å². The molecule has 0 aliphatic carbocycles. The van der Waals surface area contributed by atoms with Gasteiger partial charge in [-0.1, -0.05) is 0 Å². The van der Waals surface area contributed by atoms with E-state index in [9.17, 15) is 23.7 Å². The van der Waals surface area contributed by atoms with Gasteiger partial charge in [-0.2, -0.15) is 0 Å². The number of nitro groups is 1. The number of halogens is 3. The molecule has 0 bridgehead atoms. The molecule has 0 heterocycles. The van der Waals surface area contributed by atoms with Gasteiger partial charge in [0.25, 0.3) is 17.5 Å². The van der Waals surface area contributed by atoms with Gasteiger partial charge in [-0.05, 0) is 28.1 Å². The highest BCUT2D eigenvalue weighted by molar-refractivity contribution is 9.10. The van der Waals surface area contributed by atoms with Crippen LogP contribution in [0.4, 0.5) is 14.5 Å². The second-order valence-corrected chi connectivity index (χ2v) is 4.47. The van der Waals surface area contributed by atoms with Gasteiger partial charge in [0.1, 0.15) is 6.61 Å². The number of aliphatic hydroxyl groups is 1. The number of nitrogens with one attached hydrogen (secondary N) is 1. The van der Waals surface area contributed by atoms with E-state index in [1.807, 2.05) is 5.32 Å². The molecule has 1 rings (SSSR count). The number of alkyl halides is 2. The van der Waals surface area contributed by atoms with Crippen molar-refractivity contribution in [1.82, 2.24) is 5.32 Å². The van der Waals surface area contributed by atoms with Crippen LogP contribution in [-0.2, 0) is 0 Å². The molecule has 0 saturated heterocycles. The Kier molecular flexibility index (Phi) is 4.90. The maximum absolute atomic E-state index is 12.7. The molecule has 9 heteroatoms. The minimum Gasteiger partial charge on any atom is -0.390 e. The summed E-state index contributed by atoms with van der Waals surface area (Å²) in [5.41, 5.74) is -0.467. The lowest BCUT2D eigenvalue weighted by molar-refractivity contribution is -0.385. The van der Waals surface area contributed by atoms with Crippen molar-refractivity contribution in [2.24, 2.45) is 0 Å². The van der Waals surface area contributed by atoms with Crippen molar-refractivity contribution in [2.45, 2.75) is 5.92 Å². The van der Waals surface area contributed by atoms with Gasteiger partial charge < -0.3 is 10.4 Å². The summed E-state index contributed by atoms with van der Waals surface area (Å²) in [4.78, 5) is 21.5. The first-order valence-electron chi connectivity index (χ1n) is 4.97. The molecule has 19 heavy (non-hydrogen) atoms. The van der Waals surface area contributed by atoms with Crippen molar-refractivity contribution < 1.29 is 23.6 Å².